The minimum absolute atomic E-state index is 0.173. The van der Waals surface area contributed by atoms with Crippen LogP contribution in [0.2, 0.25) is 0 Å². The molecule has 2 heterocycles. The number of hydrogen-bond acceptors (Lipinski definition) is 8. The predicted molar refractivity (Wildman–Crippen MR) is 82.8 cm³/mol. The van der Waals surface area contributed by atoms with Crippen LogP contribution in [-0.2, 0) is 11.2 Å². The molecular formula is C13H11N5O2S2. The summed E-state index contributed by atoms with van der Waals surface area (Å²) < 4.78 is 5.51. The van der Waals surface area contributed by atoms with E-state index in [-0.39, 0.29) is 11.7 Å². The fourth-order valence-electron chi connectivity index (χ4n) is 1.65. The van der Waals surface area contributed by atoms with Crippen LogP contribution >= 0.6 is 23.1 Å². The van der Waals surface area contributed by atoms with Gasteiger partial charge in [0, 0.05) is 0 Å². The largest absolute Gasteiger partial charge is 0.416 e. The number of nitrogens with zero attached hydrogens (tertiary/aromatic N) is 4. The van der Waals surface area contributed by atoms with E-state index in [1.54, 1.807) is 5.51 Å². The number of rotatable bonds is 6. The quantitative estimate of drug-likeness (QED) is 0.691. The Hall–Kier alpha value is -2.26. The van der Waals surface area contributed by atoms with Crippen molar-refractivity contribution >= 4 is 34.1 Å². The molecule has 3 aromatic rings. The number of hydrogen-bond donors (Lipinski definition) is 1. The molecule has 0 bridgehead atoms. The first kappa shape index (κ1) is 14.7. The minimum atomic E-state index is -0.190. The van der Waals surface area contributed by atoms with Gasteiger partial charge < -0.3 is 4.42 Å². The number of amides is 1. The molecule has 2 aromatic heterocycles. The van der Waals surface area contributed by atoms with E-state index < -0.39 is 0 Å². The summed E-state index contributed by atoms with van der Waals surface area (Å²) in [5.74, 6) is 0.509. The van der Waals surface area contributed by atoms with Crippen molar-refractivity contribution in [3.63, 3.8) is 0 Å². The molecule has 0 saturated heterocycles. The fraction of sp³-hybridized carbons (Fsp3) is 0.154. The normalized spacial score (nSPS) is 10.5. The van der Waals surface area contributed by atoms with E-state index in [1.807, 2.05) is 30.3 Å². The number of thioether (sulfide) groups is 1. The molecule has 0 unspecified atom stereocenters. The van der Waals surface area contributed by atoms with Crippen LogP contribution in [0.4, 0.5) is 5.13 Å². The standard InChI is InChI=1S/C13H11N5O2S2/c19-10(15-12-17-14-8-22-12)7-21-13-18-16-11(20-13)6-9-4-2-1-3-5-9/h1-5,8H,6-7H2,(H,15,17,19). The highest BCUT2D eigenvalue weighted by atomic mass is 32.2. The van der Waals surface area contributed by atoms with Crippen molar-refractivity contribution in [3.05, 3.63) is 47.3 Å². The van der Waals surface area contributed by atoms with Crippen LogP contribution < -0.4 is 5.32 Å². The number of carbonyl (C=O) groups is 1. The van der Waals surface area contributed by atoms with E-state index in [0.717, 1.165) is 5.56 Å². The van der Waals surface area contributed by atoms with E-state index in [9.17, 15) is 4.79 Å². The van der Waals surface area contributed by atoms with Crippen molar-refractivity contribution in [2.75, 3.05) is 11.1 Å². The lowest BCUT2D eigenvalue weighted by Crippen LogP contribution is -2.13. The first-order valence-corrected chi connectivity index (χ1v) is 8.21. The van der Waals surface area contributed by atoms with Gasteiger partial charge in [0.15, 0.2) is 0 Å². The lowest BCUT2D eigenvalue weighted by molar-refractivity contribution is -0.113. The predicted octanol–water partition coefficient (Wildman–Crippen LogP) is 2.24. The van der Waals surface area contributed by atoms with Crippen molar-refractivity contribution in [1.29, 1.82) is 0 Å². The zero-order chi connectivity index (χ0) is 15.2. The van der Waals surface area contributed by atoms with E-state index in [2.05, 4.69) is 25.7 Å². The maximum atomic E-state index is 11.7. The van der Waals surface area contributed by atoms with Crippen molar-refractivity contribution in [3.8, 4) is 0 Å². The highest BCUT2D eigenvalue weighted by Gasteiger charge is 2.11. The third-order valence-electron chi connectivity index (χ3n) is 2.58. The zero-order valence-corrected chi connectivity index (χ0v) is 12.9. The van der Waals surface area contributed by atoms with Gasteiger partial charge in [-0.15, -0.1) is 20.4 Å². The maximum Gasteiger partial charge on any atom is 0.277 e. The fourth-order valence-corrected chi connectivity index (χ4v) is 2.69. The van der Waals surface area contributed by atoms with Crippen molar-refractivity contribution in [2.24, 2.45) is 0 Å². The van der Waals surface area contributed by atoms with E-state index in [0.29, 0.717) is 22.7 Å². The molecule has 3 rings (SSSR count). The second kappa shape index (κ2) is 7.14. The minimum Gasteiger partial charge on any atom is -0.416 e. The summed E-state index contributed by atoms with van der Waals surface area (Å²) >= 11 is 2.45. The second-order valence-corrected chi connectivity index (χ2v) is 5.96. The van der Waals surface area contributed by atoms with Crippen molar-refractivity contribution < 1.29 is 9.21 Å². The summed E-state index contributed by atoms with van der Waals surface area (Å²) in [4.78, 5) is 11.7. The number of benzene rings is 1. The monoisotopic (exact) mass is 333 g/mol. The number of anilines is 1. The van der Waals surface area contributed by atoms with E-state index >= 15 is 0 Å². The van der Waals surface area contributed by atoms with Gasteiger partial charge in [-0.2, -0.15) is 0 Å². The highest BCUT2D eigenvalue weighted by molar-refractivity contribution is 7.99. The number of aromatic nitrogens is 4. The molecule has 0 aliphatic rings. The SMILES string of the molecule is O=C(CSc1nnc(Cc2ccccc2)o1)Nc1nncs1. The Bertz CT molecular complexity index is 730. The summed E-state index contributed by atoms with van der Waals surface area (Å²) in [6.45, 7) is 0. The molecular weight excluding hydrogens is 322 g/mol. The molecule has 22 heavy (non-hydrogen) atoms. The molecule has 1 N–H and O–H groups in total. The molecule has 0 aliphatic heterocycles. The van der Waals surface area contributed by atoms with Gasteiger partial charge in [0.25, 0.3) is 5.22 Å². The Kier molecular flexibility index (Phi) is 4.76. The molecule has 0 atom stereocenters. The van der Waals surface area contributed by atoms with Crippen LogP contribution in [0, 0.1) is 0 Å². The topological polar surface area (TPSA) is 93.8 Å². The Balaban J connectivity index is 1.50. The van der Waals surface area contributed by atoms with Crippen molar-refractivity contribution in [2.45, 2.75) is 11.6 Å². The Labute approximate surface area is 134 Å². The Morgan fingerprint density at radius 1 is 1.23 bits per heavy atom. The molecule has 0 radical (unpaired) electrons. The third kappa shape index (κ3) is 4.12. The Morgan fingerprint density at radius 3 is 2.86 bits per heavy atom. The Morgan fingerprint density at radius 2 is 2.09 bits per heavy atom. The van der Waals surface area contributed by atoms with Gasteiger partial charge >= 0.3 is 0 Å². The summed E-state index contributed by atoms with van der Waals surface area (Å²) in [7, 11) is 0. The van der Waals surface area contributed by atoms with Gasteiger partial charge in [-0.05, 0) is 5.56 Å². The molecule has 1 aromatic carbocycles. The van der Waals surface area contributed by atoms with E-state index in [4.69, 9.17) is 4.42 Å². The average Bonchev–Trinajstić information content (AvgIpc) is 3.18. The molecule has 0 aliphatic carbocycles. The van der Waals surface area contributed by atoms with Gasteiger partial charge in [-0.1, -0.05) is 53.4 Å². The zero-order valence-electron chi connectivity index (χ0n) is 11.3. The van der Waals surface area contributed by atoms with Gasteiger partial charge in [0.05, 0.1) is 12.2 Å². The van der Waals surface area contributed by atoms with Crippen LogP contribution in [0.5, 0.6) is 0 Å². The van der Waals surface area contributed by atoms with Gasteiger partial charge in [0.1, 0.15) is 5.51 Å². The van der Waals surface area contributed by atoms with Gasteiger partial charge in [-0.25, -0.2) is 0 Å². The van der Waals surface area contributed by atoms with Crippen molar-refractivity contribution in [1.82, 2.24) is 20.4 Å². The smallest absolute Gasteiger partial charge is 0.277 e. The third-order valence-corrected chi connectivity index (χ3v) is 4.00. The molecule has 0 saturated carbocycles. The summed E-state index contributed by atoms with van der Waals surface area (Å²) in [6, 6.07) is 9.85. The molecule has 0 fully saturated rings. The molecule has 7 nitrogen and oxygen atoms in total. The van der Waals surface area contributed by atoms with E-state index in [1.165, 1.54) is 23.1 Å². The molecule has 1 amide bonds. The molecule has 112 valence electrons. The van der Waals surface area contributed by atoms with Crippen LogP contribution in [-0.4, -0.2) is 32.1 Å². The lowest BCUT2D eigenvalue weighted by Gasteiger charge is -1.98. The maximum absolute atomic E-state index is 11.7. The summed E-state index contributed by atoms with van der Waals surface area (Å²) in [5, 5.41) is 18.8. The summed E-state index contributed by atoms with van der Waals surface area (Å²) in [5.41, 5.74) is 2.65. The van der Waals surface area contributed by atoms with Gasteiger partial charge in [0.2, 0.25) is 16.9 Å². The average molecular weight is 333 g/mol. The van der Waals surface area contributed by atoms with Crippen LogP contribution in [0.1, 0.15) is 11.5 Å². The number of carbonyl (C=O) groups excluding carboxylic acids is 1. The lowest BCUT2D eigenvalue weighted by atomic mass is 10.2. The highest BCUT2D eigenvalue weighted by Crippen LogP contribution is 2.18. The first-order chi connectivity index (χ1) is 10.8. The first-order valence-electron chi connectivity index (χ1n) is 6.35. The van der Waals surface area contributed by atoms with Crippen LogP contribution in [0.25, 0.3) is 0 Å². The molecule has 0 spiro atoms. The number of nitrogens with one attached hydrogen (secondary N) is 1. The van der Waals surface area contributed by atoms with Gasteiger partial charge in [-0.3, -0.25) is 10.1 Å². The van der Waals surface area contributed by atoms with Crippen LogP contribution in [0.3, 0.4) is 0 Å². The second-order valence-electron chi connectivity index (χ2n) is 4.20. The molecule has 9 heteroatoms. The van der Waals surface area contributed by atoms with Crippen LogP contribution in [0.15, 0.2) is 45.5 Å². The summed E-state index contributed by atoms with van der Waals surface area (Å²) in [6.07, 6.45) is 0.575.